The highest BCUT2D eigenvalue weighted by Crippen LogP contribution is 2.45. The SMILES string of the molecule is CCCCCCCCCCCCCCCCCCCC(=O)OC[C@H](COP(=O)(O)OC[C@@H](O)COP(=O)(O)OC[C@@H](COC(=O)CCCCCCCCCCCCCC)OC(=O)CCCCCCCCCCCCCCC(C)C)OC(=O)CCCCCCCCCCCCCCCCCC(C)C. The van der Waals surface area contributed by atoms with E-state index >= 15 is 0 Å². The zero-order valence-electron chi connectivity index (χ0n) is 66.9. The Balaban J connectivity index is 5.26. The van der Waals surface area contributed by atoms with Gasteiger partial charge < -0.3 is 33.8 Å². The first-order valence-corrected chi connectivity index (χ1v) is 46.0. The van der Waals surface area contributed by atoms with Crippen LogP contribution < -0.4 is 0 Å². The number of hydrogen-bond acceptors (Lipinski definition) is 15. The van der Waals surface area contributed by atoms with Crippen LogP contribution in [0, 0.1) is 11.8 Å². The van der Waals surface area contributed by atoms with Crippen LogP contribution in [-0.4, -0.2) is 96.7 Å². The van der Waals surface area contributed by atoms with Crippen molar-refractivity contribution in [3.8, 4) is 0 Å². The molecule has 102 heavy (non-hydrogen) atoms. The van der Waals surface area contributed by atoms with Crippen LogP contribution in [0.2, 0.25) is 0 Å². The highest BCUT2D eigenvalue weighted by Gasteiger charge is 2.30. The number of carbonyl (C=O) groups excluding carboxylic acids is 4. The minimum Gasteiger partial charge on any atom is -0.462 e. The predicted molar refractivity (Wildman–Crippen MR) is 418 cm³/mol. The minimum absolute atomic E-state index is 0.107. The maximum absolute atomic E-state index is 13.1. The second-order valence-electron chi connectivity index (χ2n) is 30.8. The fourth-order valence-electron chi connectivity index (χ4n) is 12.9. The molecule has 0 radical (unpaired) electrons. The van der Waals surface area contributed by atoms with Crippen LogP contribution in [0.3, 0.4) is 0 Å². The van der Waals surface area contributed by atoms with Gasteiger partial charge in [-0.15, -0.1) is 0 Å². The molecule has 0 fully saturated rings. The molecule has 19 heteroatoms. The van der Waals surface area contributed by atoms with Crippen molar-refractivity contribution in [2.24, 2.45) is 11.8 Å². The number of unbranched alkanes of at least 4 members (excludes halogenated alkanes) is 52. The lowest BCUT2D eigenvalue weighted by Gasteiger charge is -2.21. The summed E-state index contributed by atoms with van der Waals surface area (Å²) in [6.45, 7) is 9.69. The van der Waals surface area contributed by atoms with Crippen molar-refractivity contribution in [3.63, 3.8) is 0 Å². The Morgan fingerprint density at radius 1 is 0.265 bits per heavy atom. The van der Waals surface area contributed by atoms with E-state index in [1.54, 1.807) is 0 Å². The zero-order valence-corrected chi connectivity index (χ0v) is 68.7. The van der Waals surface area contributed by atoms with Gasteiger partial charge in [0.25, 0.3) is 0 Å². The molecule has 0 spiro atoms. The molecular formula is C83H162O17P2. The van der Waals surface area contributed by atoms with E-state index in [0.717, 1.165) is 102 Å². The highest BCUT2D eigenvalue weighted by atomic mass is 31.2. The van der Waals surface area contributed by atoms with Gasteiger partial charge in [-0.2, -0.15) is 0 Å². The van der Waals surface area contributed by atoms with Gasteiger partial charge in [-0.25, -0.2) is 9.13 Å². The van der Waals surface area contributed by atoms with Gasteiger partial charge in [-0.3, -0.25) is 37.3 Å². The van der Waals surface area contributed by atoms with Gasteiger partial charge in [0.1, 0.15) is 19.3 Å². The van der Waals surface area contributed by atoms with Crippen LogP contribution in [0.5, 0.6) is 0 Å². The van der Waals surface area contributed by atoms with Crippen molar-refractivity contribution < 1.29 is 80.2 Å². The molecule has 2 unspecified atom stereocenters. The van der Waals surface area contributed by atoms with E-state index in [1.165, 1.54) is 257 Å². The summed E-state index contributed by atoms with van der Waals surface area (Å²) in [6.07, 6.45) is 65.1. The van der Waals surface area contributed by atoms with Crippen LogP contribution in [-0.2, 0) is 65.4 Å². The van der Waals surface area contributed by atoms with Gasteiger partial charge in [0.2, 0.25) is 0 Å². The second kappa shape index (κ2) is 74.5. The van der Waals surface area contributed by atoms with Crippen LogP contribution in [0.15, 0.2) is 0 Å². The molecule has 0 aliphatic heterocycles. The molecule has 0 aromatic heterocycles. The second-order valence-corrected chi connectivity index (χ2v) is 33.7. The van der Waals surface area contributed by atoms with Crippen LogP contribution >= 0.6 is 15.6 Å². The van der Waals surface area contributed by atoms with E-state index < -0.39 is 97.5 Å². The molecule has 0 heterocycles. The molecule has 0 saturated carbocycles. The Labute approximate surface area is 626 Å². The zero-order chi connectivity index (χ0) is 74.9. The number of hydrogen-bond donors (Lipinski definition) is 3. The summed E-state index contributed by atoms with van der Waals surface area (Å²) in [5, 5.41) is 10.7. The number of esters is 4. The molecule has 0 bridgehead atoms. The molecule has 0 aromatic rings. The van der Waals surface area contributed by atoms with Gasteiger partial charge in [-0.05, 0) is 37.5 Å². The summed E-state index contributed by atoms with van der Waals surface area (Å²) in [4.78, 5) is 73.1. The molecule has 17 nitrogen and oxygen atoms in total. The first kappa shape index (κ1) is 100. The fraction of sp³-hybridized carbons (Fsp3) is 0.952. The molecule has 5 atom stereocenters. The van der Waals surface area contributed by atoms with Gasteiger partial charge in [-0.1, -0.05) is 388 Å². The van der Waals surface area contributed by atoms with Crippen LogP contribution in [0.25, 0.3) is 0 Å². The average Bonchev–Trinajstić information content (AvgIpc) is 0.955. The fourth-order valence-corrected chi connectivity index (χ4v) is 14.5. The van der Waals surface area contributed by atoms with Crippen molar-refractivity contribution in [1.82, 2.24) is 0 Å². The standard InChI is InChI=1S/C83H162O17P2/c1-7-9-11-13-15-17-19-21-22-23-26-29-36-42-48-54-60-66-81(86)94-72-79(99-82(87)67-61-55-49-43-37-30-27-24-25-28-33-39-45-51-57-63-75(3)4)74-98-102(91,92)96-70-77(84)69-95-101(89,90)97-73-78(71-93-80(85)65-59-53-47-41-35-20-18-16-14-12-10-8-2)100-83(88)68-62-56-50-44-38-32-31-34-40-46-52-58-64-76(5)6/h75-79,84H,7-74H2,1-6H3,(H,89,90)(H,91,92)/t77-,78+,79+/m0/s1. The summed E-state index contributed by atoms with van der Waals surface area (Å²) < 4.78 is 68.8. The van der Waals surface area contributed by atoms with E-state index in [1.807, 2.05) is 0 Å². The van der Waals surface area contributed by atoms with Crippen molar-refractivity contribution in [1.29, 1.82) is 0 Å². The number of ether oxygens (including phenoxy) is 4. The number of phosphoric ester groups is 2. The smallest absolute Gasteiger partial charge is 0.462 e. The predicted octanol–water partition coefficient (Wildman–Crippen LogP) is 25.1. The third-order valence-electron chi connectivity index (χ3n) is 19.5. The molecule has 3 N–H and O–H groups in total. The maximum atomic E-state index is 13.1. The molecule has 0 aliphatic carbocycles. The van der Waals surface area contributed by atoms with Gasteiger partial charge >= 0.3 is 39.5 Å². The number of phosphoric acid groups is 2. The summed E-state index contributed by atoms with van der Waals surface area (Å²) in [5.74, 6) is -0.524. The maximum Gasteiger partial charge on any atom is 0.472 e. The molecule has 0 rings (SSSR count). The van der Waals surface area contributed by atoms with Crippen molar-refractivity contribution >= 4 is 39.5 Å². The molecular weight excluding hydrogens is 1330 g/mol. The van der Waals surface area contributed by atoms with Crippen molar-refractivity contribution in [2.45, 2.75) is 458 Å². The third-order valence-corrected chi connectivity index (χ3v) is 21.4. The lowest BCUT2D eigenvalue weighted by atomic mass is 10.0. The third kappa shape index (κ3) is 76.3. The lowest BCUT2D eigenvalue weighted by molar-refractivity contribution is -0.161. The minimum atomic E-state index is -4.96. The number of aliphatic hydroxyl groups excluding tert-OH is 1. The first-order valence-electron chi connectivity index (χ1n) is 43.0. The molecule has 0 aromatic carbocycles. The lowest BCUT2D eigenvalue weighted by Crippen LogP contribution is -2.30. The van der Waals surface area contributed by atoms with Gasteiger partial charge in [0.05, 0.1) is 26.4 Å². The summed E-state index contributed by atoms with van der Waals surface area (Å²) in [5.41, 5.74) is 0. The number of aliphatic hydroxyl groups is 1. The molecule has 0 aliphatic rings. The van der Waals surface area contributed by atoms with Crippen molar-refractivity contribution in [3.05, 3.63) is 0 Å². The van der Waals surface area contributed by atoms with E-state index in [4.69, 9.17) is 37.0 Å². The molecule has 0 saturated heterocycles. The van der Waals surface area contributed by atoms with E-state index in [2.05, 4.69) is 41.5 Å². The van der Waals surface area contributed by atoms with Gasteiger partial charge in [0.15, 0.2) is 12.2 Å². The van der Waals surface area contributed by atoms with Crippen LogP contribution in [0.4, 0.5) is 0 Å². The summed E-state index contributed by atoms with van der Waals surface area (Å²) >= 11 is 0. The molecule has 606 valence electrons. The Hall–Kier alpha value is -1.94. The quantitative estimate of drug-likeness (QED) is 0.0222. The Kier molecular flexibility index (Phi) is 73.1. The van der Waals surface area contributed by atoms with Gasteiger partial charge in [0, 0.05) is 25.7 Å². The van der Waals surface area contributed by atoms with Crippen LogP contribution in [0.1, 0.15) is 440 Å². The van der Waals surface area contributed by atoms with Crippen molar-refractivity contribution in [2.75, 3.05) is 39.6 Å². The first-order chi connectivity index (χ1) is 49.4. The Morgan fingerprint density at radius 2 is 0.451 bits per heavy atom. The topological polar surface area (TPSA) is 237 Å². The monoisotopic (exact) mass is 1490 g/mol. The largest absolute Gasteiger partial charge is 0.472 e. The summed E-state index contributed by atoms with van der Waals surface area (Å²) in [6, 6.07) is 0. The van der Waals surface area contributed by atoms with E-state index in [0.29, 0.717) is 25.7 Å². The summed E-state index contributed by atoms with van der Waals surface area (Å²) in [7, 11) is -9.92. The number of rotatable bonds is 82. The Morgan fingerprint density at radius 3 is 0.667 bits per heavy atom. The van der Waals surface area contributed by atoms with E-state index in [9.17, 15) is 43.2 Å². The number of carbonyl (C=O) groups is 4. The average molecular weight is 1490 g/mol. The van der Waals surface area contributed by atoms with E-state index in [-0.39, 0.29) is 25.7 Å². The Bertz CT molecular complexity index is 1960. The highest BCUT2D eigenvalue weighted by molar-refractivity contribution is 7.47. The normalized spacial score (nSPS) is 13.9. The molecule has 0 amide bonds.